The predicted octanol–water partition coefficient (Wildman–Crippen LogP) is 4.40. The molecule has 33 heavy (non-hydrogen) atoms. The maximum Gasteiger partial charge on any atom is 0.266 e. The van der Waals surface area contributed by atoms with Crippen molar-refractivity contribution in [1.82, 2.24) is 9.88 Å². The normalized spacial score (nSPS) is 14.4. The van der Waals surface area contributed by atoms with Crippen molar-refractivity contribution in [3.8, 4) is 11.5 Å². The van der Waals surface area contributed by atoms with Crippen molar-refractivity contribution < 1.29 is 19.0 Å². The number of anilines is 1. The van der Waals surface area contributed by atoms with E-state index in [1.807, 2.05) is 37.3 Å². The number of ether oxygens (including phenoxy) is 3. The average molecular weight is 490 g/mol. The third kappa shape index (κ3) is 5.95. The molecule has 0 spiro atoms. The number of aryl methyl sites for hydroxylation is 1. The van der Waals surface area contributed by atoms with Gasteiger partial charge in [0.15, 0.2) is 11.7 Å². The van der Waals surface area contributed by atoms with E-state index in [0.717, 1.165) is 55.0 Å². The zero-order chi connectivity index (χ0) is 23.2. The van der Waals surface area contributed by atoms with Crippen LogP contribution in [0.25, 0.3) is 10.2 Å². The molecule has 1 aromatic heterocycles. The molecule has 1 aliphatic heterocycles. The van der Waals surface area contributed by atoms with E-state index in [1.54, 1.807) is 18.1 Å². The lowest BCUT2D eigenvalue weighted by molar-refractivity contribution is -0.120. The Morgan fingerprint density at radius 2 is 2.03 bits per heavy atom. The fourth-order valence-corrected chi connectivity index (χ4v) is 4.94. The van der Waals surface area contributed by atoms with Crippen molar-refractivity contribution >= 4 is 44.2 Å². The third-order valence-electron chi connectivity index (χ3n) is 5.63. The van der Waals surface area contributed by atoms with E-state index in [9.17, 15) is 4.79 Å². The molecule has 1 aliphatic rings. The fraction of sp³-hybridized carbons (Fsp3) is 0.417. The minimum Gasteiger partial charge on any atom is -0.497 e. The highest BCUT2D eigenvalue weighted by molar-refractivity contribution is 7.22. The van der Waals surface area contributed by atoms with Crippen LogP contribution in [0.3, 0.4) is 0 Å². The molecular formula is C24H28ClN3O4S. The molecule has 9 heteroatoms. The summed E-state index contributed by atoms with van der Waals surface area (Å²) in [5.74, 6) is 1.13. The van der Waals surface area contributed by atoms with Crippen LogP contribution < -0.4 is 14.4 Å². The summed E-state index contributed by atoms with van der Waals surface area (Å²) in [7, 11) is 1.60. The zero-order valence-corrected chi connectivity index (χ0v) is 20.5. The molecule has 0 N–H and O–H groups in total. The molecule has 176 valence electrons. The number of carbonyl (C=O) groups excluding carboxylic acids is 1. The van der Waals surface area contributed by atoms with Crippen LogP contribution in [0.4, 0.5) is 5.13 Å². The Morgan fingerprint density at radius 3 is 2.82 bits per heavy atom. The highest BCUT2D eigenvalue weighted by Gasteiger charge is 2.22. The molecular weight excluding hydrogens is 462 g/mol. The van der Waals surface area contributed by atoms with E-state index in [4.69, 9.17) is 30.8 Å². The van der Waals surface area contributed by atoms with Gasteiger partial charge in [-0.15, -0.1) is 0 Å². The quantitative estimate of drug-likeness (QED) is 0.444. The summed E-state index contributed by atoms with van der Waals surface area (Å²) in [4.78, 5) is 22.1. The number of halogens is 1. The molecule has 1 fully saturated rings. The molecule has 1 saturated heterocycles. The summed E-state index contributed by atoms with van der Waals surface area (Å²) >= 11 is 7.79. The molecule has 0 atom stereocenters. The summed E-state index contributed by atoms with van der Waals surface area (Å²) in [6, 6.07) is 11.1. The molecule has 1 amide bonds. The highest BCUT2D eigenvalue weighted by Crippen LogP contribution is 2.33. The van der Waals surface area contributed by atoms with E-state index < -0.39 is 0 Å². The Labute approximate surface area is 202 Å². The van der Waals surface area contributed by atoms with Crippen LogP contribution in [0.2, 0.25) is 5.02 Å². The summed E-state index contributed by atoms with van der Waals surface area (Å²) in [5.41, 5.74) is 1.76. The standard InChI is InChI=1S/C24H28ClN3O4S/c1-17-20(25)7-8-21-23(17)26-24(33-21)28(10-4-9-27-11-13-31-14-12-27)22(29)16-32-19-6-3-5-18(15-19)30-2/h3,5-8,15H,4,9-14,16H2,1-2H3. The van der Waals surface area contributed by atoms with Gasteiger partial charge in [-0.05, 0) is 43.2 Å². The minimum atomic E-state index is -0.136. The summed E-state index contributed by atoms with van der Waals surface area (Å²) in [6.45, 7) is 6.69. The number of hydrogen-bond acceptors (Lipinski definition) is 7. The Morgan fingerprint density at radius 1 is 1.24 bits per heavy atom. The van der Waals surface area contributed by atoms with Crippen LogP contribution in [0, 0.1) is 6.92 Å². The number of amides is 1. The number of aromatic nitrogens is 1. The van der Waals surface area contributed by atoms with Gasteiger partial charge < -0.3 is 14.2 Å². The maximum atomic E-state index is 13.3. The number of morpholine rings is 1. The molecule has 2 aromatic carbocycles. The first kappa shape index (κ1) is 23.8. The molecule has 3 aromatic rings. The van der Waals surface area contributed by atoms with Gasteiger partial charge in [0, 0.05) is 37.3 Å². The Hall–Kier alpha value is -2.39. The number of nitrogens with zero attached hydrogens (tertiary/aromatic N) is 3. The predicted molar refractivity (Wildman–Crippen MR) is 132 cm³/mol. The van der Waals surface area contributed by atoms with Gasteiger partial charge in [-0.25, -0.2) is 4.98 Å². The second kappa shape index (κ2) is 11.2. The van der Waals surface area contributed by atoms with Crippen LogP contribution in [-0.4, -0.2) is 68.9 Å². The van der Waals surface area contributed by atoms with Crippen molar-refractivity contribution in [3.05, 3.63) is 47.0 Å². The lowest BCUT2D eigenvalue weighted by atomic mass is 10.2. The first-order valence-corrected chi connectivity index (χ1v) is 12.2. The summed E-state index contributed by atoms with van der Waals surface area (Å²) in [6.07, 6.45) is 0.834. The lowest BCUT2D eigenvalue weighted by Crippen LogP contribution is -2.40. The van der Waals surface area contributed by atoms with E-state index in [2.05, 4.69) is 4.90 Å². The number of hydrogen-bond donors (Lipinski definition) is 0. The maximum absolute atomic E-state index is 13.3. The largest absolute Gasteiger partial charge is 0.497 e. The topological polar surface area (TPSA) is 64.1 Å². The Kier molecular flexibility index (Phi) is 8.03. The fourth-order valence-electron chi connectivity index (χ4n) is 3.72. The number of fused-ring (bicyclic) bond motifs is 1. The van der Waals surface area contributed by atoms with Crippen molar-refractivity contribution in [2.24, 2.45) is 0 Å². The third-order valence-corrected chi connectivity index (χ3v) is 7.08. The second-order valence-electron chi connectivity index (χ2n) is 7.84. The Bertz CT molecular complexity index is 1100. The summed E-state index contributed by atoms with van der Waals surface area (Å²) in [5, 5.41) is 1.34. The van der Waals surface area contributed by atoms with Gasteiger partial charge in [0.05, 0.1) is 30.5 Å². The van der Waals surface area contributed by atoms with Gasteiger partial charge in [-0.2, -0.15) is 0 Å². The van der Waals surface area contributed by atoms with Gasteiger partial charge >= 0.3 is 0 Å². The molecule has 4 rings (SSSR count). The molecule has 2 heterocycles. The summed E-state index contributed by atoms with van der Waals surface area (Å²) < 4.78 is 17.5. The smallest absolute Gasteiger partial charge is 0.266 e. The van der Waals surface area contributed by atoms with Crippen LogP contribution >= 0.6 is 22.9 Å². The van der Waals surface area contributed by atoms with E-state index in [0.29, 0.717) is 28.2 Å². The van der Waals surface area contributed by atoms with Gasteiger partial charge in [-0.3, -0.25) is 14.6 Å². The van der Waals surface area contributed by atoms with Gasteiger partial charge in [0.2, 0.25) is 0 Å². The van der Waals surface area contributed by atoms with Crippen LogP contribution in [0.15, 0.2) is 36.4 Å². The number of benzene rings is 2. The number of methoxy groups -OCH3 is 1. The van der Waals surface area contributed by atoms with Crippen LogP contribution in [-0.2, 0) is 9.53 Å². The number of carbonyl (C=O) groups is 1. The van der Waals surface area contributed by atoms with Crippen LogP contribution in [0.5, 0.6) is 11.5 Å². The zero-order valence-electron chi connectivity index (χ0n) is 18.9. The Balaban J connectivity index is 1.49. The number of rotatable bonds is 9. The van der Waals surface area contributed by atoms with Crippen molar-refractivity contribution in [3.63, 3.8) is 0 Å². The van der Waals surface area contributed by atoms with Gasteiger partial charge in [0.25, 0.3) is 5.91 Å². The first-order valence-electron chi connectivity index (χ1n) is 11.0. The van der Waals surface area contributed by atoms with Crippen molar-refractivity contribution in [1.29, 1.82) is 0 Å². The number of thiazole rings is 1. The molecule has 0 radical (unpaired) electrons. The minimum absolute atomic E-state index is 0.0830. The van der Waals surface area contributed by atoms with Crippen LogP contribution in [0.1, 0.15) is 12.0 Å². The first-order chi connectivity index (χ1) is 16.0. The molecule has 7 nitrogen and oxygen atoms in total. The molecule has 0 saturated carbocycles. The van der Waals surface area contributed by atoms with E-state index in [1.165, 1.54) is 11.3 Å². The lowest BCUT2D eigenvalue weighted by Gasteiger charge is -2.27. The van der Waals surface area contributed by atoms with Crippen molar-refractivity contribution in [2.75, 3.05) is 58.0 Å². The van der Waals surface area contributed by atoms with Gasteiger partial charge in [0.1, 0.15) is 11.5 Å². The highest BCUT2D eigenvalue weighted by atomic mass is 35.5. The monoisotopic (exact) mass is 489 g/mol. The average Bonchev–Trinajstić information content (AvgIpc) is 3.28. The molecule has 0 unspecified atom stereocenters. The van der Waals surface area contributed by atoms with E-state index >= 15 is 0 Å². The molecule has 0 aliphatic carbocycles. The SMILES string of the molecule is COc1cccc(OCC(=O)N(CCCN2CCOCC2)c2nc3c(C)c(Cl)ccc3s2)c1. The van der Waals surface area contributed by atoms with Crippen molar-refractivity contribution in [2.45, 2.75) is 13.3 Å². The van der Waals surface area contributed by atoms with E-state index in [-0.39, 0.29) is 12.5 Å². The molecule has 0 bridgehead atoms. The van der Waals surface area contributed by atoms with Gasteiger partial charge in [-0.1, -0.05) is 29.0 Å². The second-order valence-corrected chi connectivity index (χ2v) is 9.25.